The fourth-order valence-corrected chi connectivity index (χ4v) is 4.38. The number of thioether (sulfide) groups is 1. The number of ether oxygens (including phenoxy) is 2. The van der Waals surface area contributed by atoms with Gasteiger partial charge in [-0.1, -0.05) is 17.3 Å². The highest BCUT2D eigenvalue weighted by Crippen LogP contribution is 2.30. The number of rotatable bonds is 5. The van der Waals surface area contributed by atoms with Crippen molar-refractivity contribution in [3.05, 3.63) is 41.5 Å². The smallest absolute Gasteiger partial charge is 0.254 e. The number of carbonyl (C=O) groups excluding carboxylic acids is 1. The van der Waals surface area contributed by atoms with Crippen molar-refractivity contribution in [3.8, 4) is 0 Å². The van der Waals surface area contributed by atoms with Gasteiger partial charge in [-0.15, -0.1) is 11.8 Å². The predicted molar refractivity (Wildman–Crippen MR) is 99.4 cm³/mol. The molecule has 1 amide bonds. The average Bonchev–Trinajstić information content (AvgIpc) is 3.38. The van der Waals surface area contributed by atoms with Crippen LogP contribution in [0.4, 0.5) is 0 Å². The maximum Gasteiger partial charge on any atom is 0.254 e. The summed E-state index contributed by atoms with van der Waals surface area (Å²) < 4.78 is 16.4. The normalized spacial score (nSPS) is 18.9. The maximum absolute atomic E-state index is 13.1. The van der Waals surface area contributed by atoms with Gasteiger partial charge in [0.2, 0.25) is 5.89 Å². The molecule has 0 bridgehead atoms. The van der Waals surface area contributed by atoms with Crippen LogP contribution in [0.2, 0.25) is 0 Å². The molecule has 2 saturated heterocycles. The molecule has 0 saturated carbocycles. The van der Waals surface area contributed by atoms with E-state index in [1.165, 1.54) is 0 Å². The quantitative estimate of drug-likeness (QED) is 0.728. The molecule has 2 aromatic rings. The molecule has 144 valence electrons. The Hall–Kier alpha value is -1.90. The molecule has 0 N–H and O–H groups in total. The molecule has 0 unspecified atom stereocenters. The molecule has 4 rings (SSSR count). The van der Waals surface area contributed by atoms with Crippen molar-refractivity contribution >= 4 is 17.7 Å². The van der Waals surface area contributed by atoms with Crippen LogP contribution in [0.5, 0.6) is 0 Å². The van der Waals surface area contributed by atoms with Crippen molar-refractivity contribution < 1.29 is 18.8 Å². The molecule has 2 aliphatic heterocycles. The summed E-state index contributed by atoms with van der Waals surface area (Å²) in [7, 11) is 0. The Labute approximate surface area is 162 Å². The maximum atomic E-state index is 13.1. The van der Waals surface area contributed by atoms with Crippen LogP contribution in [0.1, 0.15) is 34.9 Å². The summed E-state index contributed by atoms with van der Waals surface area (Å²) >= 11 is 1.54. The highest BCUT2D eigenvalue weighted by atomic mass is 32.2. The second kappa shape index (κ2) is 8.41. The van der Waals surface area contributed by atoms with Gasteiger partial charge < -0.3 is 18.9 Å². The molecule has 3 heterocycles. The van der Waals surface area contributed by atoms with Crippen molar-refractivity contribution in [2.24, 2.45) is 5.92 Å². The van der Waals surface area contributed by atoms with Gasteiger partial charge in [0.05, 0.1) is 24.5 Å². The third-order valence-electron chi connectivity index (χ3n) is 4.90. The molecule has 0 spiro atoms. The van der Waals surface area contributed by atoms with Crippen LogP contribution < -0.4 is 0 Å². The number of carbonyl (C=O) groups is 1. The average molecular weight is 389 g/mol. The minimum absolute atomic E-state index is 0.0755. The largest absolute Gasteiger partial charge is 0.350 e. The van der Waals surface area contributed by atoms with Crippen LogP contribution in [0.15, 0.2) is 33.7 Å². The van der Waals surface area contributed by atoms with Gasteiger partial charge in [0, 0.05) is 23.9 Å². The van der Waals surface area contributed by atoms with E-state index in [1.807, 2.05) is 29.2 Å². The van der Waals surface area contributed by atoms with Crippen LogP contribution in [-0.2, 0) is 15.2 Å². The van der Waals surface area contributed by atoms with Crippen molar-refractivity contribution in [1.82, 2.24) is 15.0 Å². The van der Waals surface area contributed by atoms with Crippen LogP contribution in [0.25, 0.3) is 0 Å². The second-order valence-electron chi connectivity index (χ2n) is 6.76. The van der Waals surface area contributed by atoms with Crippen molar-refractivity contribution in [1.29, 1.82) is 0 Å². The highest BCUT2D eigenvalue weighted by Gasteiger charge is 2.32. The van der Waals surface area contributed by atoms with Gasteiger partial charge in [0.15, 0.2) is 12.1 Å². The van der Waals surface area contributed by atoms with E-state index in [1.54, 1.807) is 18.7 Å². The van der Waals surface area contributed by atoms with Gasteiger partial charge in [-0.05, 0) is 31.9 Å². The van der Waals surface area contributed by atoms with E-state index in [2.05, 4.69) is 10.1 Å². The Bertz CT molecular complexity index is 783. The molecule has 0 atom stereocenters. The lowest BCUT2D eigenvalue weighted by Crippen LogP contribution is -2.41. The van der Waals surface area contributed by atoms with E-state index in [9.17, 15) is 4.79 Å². The molecule has 0 aliphatic carbocycles. The zero-order valence-electron chi connectivity index (χ0n) is 15.3. The first kappa shape index (κ1) is 18.5. The lowest BCUT2D eigenvalue weighted by Gasteiger charge is -2.34. The first-order valence-corrected chi connectivity index (χ1v) is 10.2. The number of hydrogen-bond donors (Lipinski definition) is 0. The van der Waals surface area contributed by atoms with Crippen molar-refractivity contribution in [2.45, 2.75) is 36.7 Å². The van der Waals surface area contributed by atoms with Gasteiger partial charge in [-0.3, -0.25) is 4.79 Å². The Morgan fingerprint density at radius 2 is 1.96 bits per heavy atom. The van der Waals surface area contributed by atoms with Gasteiger partial charge >= 0.3 is 0 Å². The summed E-state index contributed by atoms with van der Waals surface area (Å²) in [6.45, 7) is 4.60. The fraction of sp³-hybridized carbons (Fsp3) is 0.526. The SMILES string of the molecule is Cc1noc(CSc2ccccc2C(=O)N2CCC(C3OCCO3)CC2)n1. The molecule has 2 aliphatic rings. The lowest BCUT2D eigenvalue weighted by atomic mass is 9.95. The topological polar surface area (TPSA) is 77.7 Å². The van der Waals surface area contributed by atoms with Gasteiger partial charge in [-0.25, -0.2) is 0 Å². The summed E-state index contributed by atoms with van der Waals surface area (Å²) in [5.74, 6) is 2.18. The first-order valence-electron chi connectivity index (χ1n) is 9.24. The summed E-state index contributed by atoms with van der Waals surface area (Å²) in [5.41, 5.74) is 0.727. The molecular formula is C19H23N3O4S. The van der Waals surface area contributed by atoms with Crippen LogP contribution in [-0.4, -0.2) is 53.5 Å². The van der Waals surface area contributed by atoms with Gasteiger partial charge in [0.1, 0.15) is 0 Å². The summed E-state index contributed by atoms with van der Waals surface area (Å²) in [5, 5.41) is 3.80. The number of piperidine rings is 1. The molecule has 0 radical (unpaired) electrons. The number of aromatic nitrogens is 2. The van der Waals surface area contributed by atoms with Crippen molar-refractivity contribution in [3.63, 3.8) is 0 Å². The molecule has 1 aromatic carbocycles. The van der Waals surface area contributed by atoms with E-state index in [0.29, 0.717) is 36.6 Å². The van der Waals surface area contributed by atoms with E-state index in [4.69, 9.17) is 14.0 Å². The molecular weight excluding hydrogens is 366 g/mol. The number of benzene rings is 1. The fourth-order valence-electron chi connectivity index (χ4n) is 3.50. The van der Waals surface area contributed by atoms with E-state index in [-0.39, 0.29) is 12.2 Å². The summed E-state index contributed by atoms with van der Waals surface area (Å²) in [6, 6.07) is 7.70. The third kappa shape index (κ3) is 4.34. The number of likely N-dealkylation sites (tertiary alicyclic amines) is 1. The molecule has 8 heteroatoms. The zero-order valence-corrected chi connectivity index (χ0v) is 16.1. The summed E-state index contributed by atoms with van der Waals surface area (Å²) in [6.07, 6.45) is 1.72. The zero-order chi connectivity index (χ0) is 18.6. The number of hydrogen-bond acceptors (Lipinski definition) is 7. The Balaban J connectivity index is 1.38. The predicted octanol–water partition coefficient (Wildman–Crippen LogP) is 2.90. The molecule has 2 fully saturated rings. The van der Waals surface area contributed by atoms with E-state index >= 15 is 0 Å². The Morgan fingerprint density at radius 1 is 1.22 bits per heavy atom. The number of nitrogens with zero attached hydrogens (tertiary/aromatic N) is 3. The minimum atomic E-state index is -0.0945. The third-order valence-corrected chi connectivity index (χ3v) is 5.96. The highest BCUT2D eigenvalue weighted by molar-refractivity contribution is 7.98. The standard InChI is InChI=1S/C19H23N3O4S/c1-13-20-17(26-21-13)12-27-16-5-3-2-4-15(16)18(23)22-8-6-14(7-9-22)19-24-10-11-25-19/h2-5,14,19H,6-12H2,1H3. The Morgan fingerprint density at radius 3 is 2.67 bits per heavy atom. The molecule has 7 nitrogen and oxygen atoms in total. The monoisotopic (exact) mass is 389 g/mol. The summed E-state index contributed by atoms with van der Waals surface area (Å²) in [4.78, 5) is 20.1. The number of amides is 1. The van der Waals surface area contributed by atoms with Crippen LogP contribution >= 0.6 is 11.8 Å². The lowest BCUT2D eigenvalue weighted by molar-refractivity contribution is -0.0956. The van der Waals surface area contributed by atoms with Gasteiger partial charge in [-0.2, -0.15) is 4.98 Å². The van der Waals surface area contributed by atoms with Crippen LogP contribution in [0.3, 0.4) is 0 Å². The van der Waals surface area contributed by atoms with Gasteiger partial charge in [0.25, 0.3) is 5.91 Å². The minimum Gasteiger partial charge on any atom is -0.350 e. The van der Waals surface area contributed by atoms with Crippen LogP contribution in [0, 0.1) is 12.8 Å². The first-order chi connectivity index (χ1) is 13.2. The van der Waals surface area contributed by atoms with E-state index < -0.39 is 0 Å². The molecule has 27 heavy (non-hydrogen) atoms. The Kier molecular flexibility index (Phi) is 5.75. The number of aryl methyl sites for hydroxylation is 1. The second-order valence-corrected chi connectivity index (χ2v) is 7.78. The molecule has 1 aromatic heterocycles. The van der Waals surface area contributed by atoms with Crippen molar-refractivity contribution in [2.75, 3.05) is 26.3 Å². The van der Waals surface area contributed by atoms with E-state index in [0.717, 1.165) is 36.4 Å².